The summed E-state index contributed by atoms with van der Waals surface area (Å²) in [6.07, 6.45) is 0. The van der Waals surface area contributed by atoms with Crippen molar-refractivity contribution in [1.29, 1.82) is 0 Å². The second kappa shape index (κ2) is 5.56. The monoisotopic (exact) mass is 233 g/mol. The summed E-state index contributed by atoms with van der Waals surface area (Å²) in [6, 6.07) is 4.25. The lowest BCUT2D eigenvalue weighted by Crippen LogP contribution is -2.03. The van der Waals surface area contributed by atoms with Gasteiger partial charge in [-0.15, -0.1) is 0 Å². The van der Waals surface area contributed by atoms with Gasteiger partial charge in [0.05, 0.1) is 12.2 Å². The van der Waals surface area contributed by atoms with Crippen LogP contribution in [0.25, 0.3) is 0 Å². The number of carboxylic acids is 1. The van der Waals surface area contributed by atoms with Crippen molar-refractivity contribution in [3.63, 3.8) is 0 Å². The highest BCUT2D eigenvalue weighted by atomic mass is 16.5. The molecule has 0 radical (unpaired) electrons. The van der Waals surface area contributed by atoms with Gasteiger partial charge in [0, 0.05) is 17.2 Å². The molecule has 0 aliphatic carbocycles. The molecule has 0 aliphatic heterocycles. The van der Waals surface area contributed by atoms with Gasteiger partial charge in [-0.1, -0.05) is 5.92 Å². The predicted octanol–water partition coefficient (Wildman–Crippen LogP) is 0.882. The summed E-state index contributed by atoms with van der Waals surface area (Å²) in [5.74, 6) is 2.80. The molecule has 0 fully saturated rings. The summed E-state index contributed by atoms with van der Waals surface area (Å²) in [6.45, 7) is 1.88. The summed E-state index contributed by atoms with van der Waals surface area (Å²) in [5.41, 5.74) is 5.97. The SMILES string of the molecule is CCOC(=O)C#Cc1ccc(N)cc1C(=O)O. The molecule has 3 N–H and O–H groups in total. The number of carbonyl (C=O) groups is 2. The van der Waals surface area contributed by atoms with Gasteiger partial charge < -0.3 is 15.6 Å². The molecule has 1 aromatic carbocycles. The number of benzene rings is 1. The number of nitrogens with two attached hydrogens (primary N) is 1. The molecule has 0 atom stereocenters. The van der Waals surface area contributed by atoms with E-state index in [0.717, 1.165) is 0 Å². The van der Waals surface area contributed by atoms with Crippen molar-refractivity contribution in [3.8, 4) is 11.8 Å². The Labute approximate surface area is 98.2 Å². The summed E-state index contributed by atoms with van der Waals surface area (Å²) in [5, 5.41) is 8.92. The second-order valence-corrected chi connectivity index (χ2v) is 3.08. The van der Waals surface area contributed by atoms with E-state index < -0.39 is 11.9 Å². The fourth-order valence-corrected chi connectivity index (χ4v) is 1.13. The van der Waals surface area contributed by atoms with E-state index in [1.807, 2.05) is 0 Å². The second-order valence-electron chi connectivity index (χ2n) is 3.08. The molecule has 17 heavy (non-hydrogen) atoms. The number of ether oxygens (including phenoxy) is 1. The Morgan fingerprint density at radius 2 is 2.18 bits per heavy atom. The van der Waals surface area contributed by atoms with Crippen LogP contribution in [0.5, 0.6) is 0 Å². The van der Waals surface area contributed by atoms with E-state index in [-0.39, 0.29) is 17.7 Å². The van der Waals surface area contributed by atoms with Crippen LogP contribution in [0.1, 0.15) is 22.8 Å². The van der Waals surface area contributed by atoms with Crippen LogP contribution in [0.15, 0.2) is 18.2 Å². The van der Waals surface area contributed by atoms with E-state index >= 15 is 0 Å². The molecule has 0 unspecified atom stereocenters. The Hall–Kier alpha value is -2.48. The molecule has 1 rings (SSSR count). The van der Waals surface area contributed by atoms with Crippen LogP contribution >= 0.6 is 0 Å². The molecule has 0 saturated carbocycles. The zero-order valence-corrected chi connectivity index (χ0v) is 9.19. The summed E-state index contributed by atoms with van der Waals surface area (Å²) >= 11 is 0. The van der Waals surface area contributed by atoms with Gasteiger partial charge in [-0.2, -0.15) is 0 Å². The van der Waals surface area contributed by atoms with Crippen LogP contribution in [0.2, 0.25) is 0 Å². The molecule has 1 aromatic rings. The van der Waals surface area contributed by atoms with Gasteiger partial charge in [0.2, 0.25) is 0 Å². The number of rotatable bonds is 2. The lowest BCUT2D eigenvalue weighted by molar-refractivity contribution is -0.136. The molecule has 0 aliphatic rings. The fourth-order valence-electron chi connectivity index (χ4n) is 1.13. The number of hydrogen-bond donors (Lipinski definition) is 2. The van der Waals surface area contributed by atoms with Gasteiger partial charge in [0.25, 0.3) is 0 Å². The molecule has 0 saturated heterocycles. The van der Waals surface area contributed by atoms with Crippen molar-refractivity contribution < 1.29 is 19.4 Å². The average molecular weight is 233 g/mol. The van der Waals surface area contributed by atoms with E-state index in [1.54, 1.807) is 6.92 Å². The Kier molecular flexibility index (Phi) is 4.12. The molecule has 0 heterocycles. The lowest BCUT2D eigenvalue weighted by atomic mass is 10.1. The molecule has 0 spiro atoms. The summed E-state index contributed by atoms with van der Waals surface area (Å²) in [7, 11) is 0. The Bertz CT molecular complexity index is 511. The first-order chi connectivity index (χ1) is 8.04. The molecule has 0 aromatic heterocycles. The normalized spacial score (nSPS) is 9.00. The van der Waals surface area contributed by atoms with Crippen LogP contribution < -0.4 is 5.73 Å². The highest BCUT2D eigenvalue weighted by molar-refractivity contribution is 5.94. The third-order valence-corrected chi connectivity index (χ3v) is 1.85. The highest BCUT2D eigenvalue weighted by Gasteiger charge is 2.08. The first-order valence-electron chi connectivity index (χ1n) is 4.86. The van der Waals surface area contributed by atoms with Crippen molar-refractivity contribution in [3.05, 3.63) is 29.3 Å². The number of carbonyl (C=O) groups excluding carboxylic acids is 1. The van der Waals surface area contributed by atoms with Gasteiger partial charge in [-0.05, 0) is 25.1 Å². The fraction of sp³-hybridized carbons (Fsp3) is 0.167. The third-order valence-electron chi connectivity index (χ3n) is 1.85. The molecular formula is C12H11NO4. The summed E-state index contributed by atoms with van der Waals surface area (Å²) < 4.78 is 4.60. The maximum Gasteiger partial charge on any atom is 0.384 e. The minimum atomic E-state index is -1.15. The predicted molar refractivity (Wildman–Crippen MR) is 61.3 cm³/mol. The van der Waals surface area contributed by atoms with Gasteiger partial charge in [-0.25, -0.2) is 9.59 Å². The topological polar surface area (TPSA) is 89.6 Å². The zero-order valence-electron chi connectivity index (χ0n) is 9.19. The van der Waals surface area contributed by atoms with Crippen molar-refractivity contribution in [1.82, 2.24) is 0 Å². The van der Waals surface area contributed by atoms with Crippen molar-refractivity contribution in [2.75, 3.05) is 12.3 Å². The molecule has 5 nitrogen and oxygen atoms in total. The number of aromatic carboxylic acids is 1. The first-order valence-corrected chi connectivity index (χ1v) is 4.86. The lowest BCUT2D eigenvalue weighted by Gasteiger charge is -2.00. The van der Waals surface area contributed by atoms with Crippen LogP contribution in [0.3, 0.4) is 0 Å². The van der Waals surface area contributed by atoms with E-state index in [1.165, 1.54) is 18.2 Å². The van der Waals surface area contributed by atoms with E-state index in [4.69, 9.17) is 10.8 Å². The first kappa shape index (κ1) is 12.6. The average Bonchev–Trinajstić information content (AvgIpc) is 2.27. The van der Waals surface area contributed by atoms with Crippen LogP contribution in [0.4, 0.5) is 5.69 Å². The standard InChI is InChI=1S/C12H11NO4/c1-2-17-11(14)6-4-8-3-5-9(13)7-10(8)12(15)16/h3,5,7H,2,13H2,1H3,(H,15,16). The highest BCUT2D eigenvalue weighted by Crippen LogP contribution is 2.12. The largest absolute Gasteiger partial charge is 0.478 e. The number of carboxylic acid groups (broad SMARTS) is 1. The van der Waals surface area contributed by atoms with E-state index in [0.29, 0.717) is 5.69 Å². The van der Waals surface area contributed by atoms with Gasteiger partial charge in [0.1, 0.15) is 0 Å². The van der Waals surface area contributed by atoms with Crippen molar-refractivity contribution in [2.24, 2.45) is 0 Å². The van der Waals surface area contributed by atoms with Crippen LogP contribution in [-0.4, -0.2) is 23.7 Å². The van der Waals surface area contributed by atoms with E-state index in [9.17, 15) is 9.59 Å². The number of esters is 1. The Balaban J connectivity index is 3.06. The summed E-state index contributed by atoms with van der Waals surface area (Å²) in [4.78, 5) is 21.9. The molecule has 5 heteroatoms. The van der Waals surface area contributed by atoms with E-state index in [2.05, 4.69) is 16.6 Å². The molecular weight excluding hydrogens is 222 g/mol. The van der Waals surface area contributed by atoms with Crippen LogP contribution in [-0.2, 0) is 9.53 Å². The van der Waals surface area contributed by atoms with Crippen LogP contribution in [0, 0.1) is 11.8 Å². The maximum absolute atomic E-state index is 11.0. The maximum atomic E-state index is 11.0. The van der Waals surface area contributed by atoms with Gasteiger partial charge in [-0.3, -0.25) is 0 Å². The number of hydrogen-bond acceptors (Lipinski definition) is 4. The third kappa shape index (κ3) is 3.54. The minimum Gasteiger partial charge on any atom is -0.478 e. The Morgan fingerprint density at radius 3 is 2.76 bits per heavy atom. The quantitative estimate of drug-likeness (QED) is 0.449. The molecule has 0 bridgehead atoms. The minimum absolute atomic E-state index is 0.0400. The smallest absolute Gasteiger partial charge is 0.384 e. The molecule has 88 valence electrons. The Morgan fingerprint density at radius 1 is 1.47 bits per heavy atom. The van der Waals surface area contributed by atoms with Crippen molar-refractivity contribution >= 4 is 17.6 Å². The zero-order chi connectivity index (χ0) is 12.8. The van der Waals surface area contributed by atoms with Crippen molar-refractivity contribution in [2.45, 2.75) is 6.92 Å². The van der Waals surface area contributed by atoms with Gasteiger partial charge in [0.15, 0.2) is 0 Å². The molecule has 0 amide bonds. The number of nitrogen functional groups attached to an aromatic ring is 1. The number of anilines is 1. The van der Waals surface area contributed by atoms with Gasteiger partial charge >= 0.3 is 11.9 Å².